The number of methoxy groups -OCH3 is 1. The second-order valence-electron chi connectivity index (χ2n) is 7.47. The molecule has 1 N–H and O–H groups in total. The summed E-state index contributed by atoms with van der Waals surface area (Å²) in [6.07, 6.45) is 0.950. The Morgan fingerprint density at radius 1 is 1.30 bits per heavy atom. The Morgan fingerprint density at radius 2 is 2.00 bits per heavy atom. The van der Waals surface area contributed by atoms with Crippen molar-refractivity contribution in [3.63, 3.8) is 0 Å². The molecule has 3 atom stereocenters. The zero-order valence-corrected chi connectivity index (χ0v) is 15.9. The van der Waals surface area contributed by atoms with Gasteiger partial charge < -0.3 is 19.7 Å². The molecule has 0 aliphatic carbocycles. The summed E-state index contributed by atoms with van der Waals surface area (Å²) < 4.78 is 10.6. The van der Waals surface area contributed by atoms with Crippen molar-refractivity contribution in [1.82, 2.24) is 10.2 Å². The van der Waals surface area contributed by atoms with Crippen molar-refractivity contribution in [1.29, 1.82) is 0 Å². The number of carbonyl (C=O) groups is 3. The van der Waals surface area contributed by atoms with E-state index in [-0.39, 0.29) is 36.2 Å². The largest absolute Gasteiger partial charge is 0.497 e. The number of carbonyl (C=O) groups excluding carboxylic acids is 3. The van der Waals surface area contributed by atoms with Gasteiger partial charge in [-0.05, 0) is 43.0 Å². The molecule has 0 saturated carbocycles. The van der Waals surface area contributed by atoms with Gasteiger partial charge in [0.15, 0.2) is 5.78 Å². The third-order valence-electron chi connectivity index (χ3n) is 5.06. The first-order valence-electron chi connectivity index (χ1n) is 9.30. The molecule has 2 amide bonds. The van der Waals surface area contributed by atoms with Crippen LogP contribution in [0.4, 0.5) is 0 Å². The fourth-order valence-electron chi connectivity index (χ4n) is 3.72. The predicted molar refractivity (Wildman–Crippen MR) is 98.6 cm³/mol. The molecule has 3 rings (SSSR count). The van der Waals surface area contributed by atoms with Crippen LogP contribution in [0, 0.1) is 5.92 Å². The molecule has 0 aromatic heterocycles. The Morgan fingerprint density at radius 3 is 2.63 bits per heavy atom. The lowest BCUT2D eigenvalue weighted by Crippen LogP contribution is -2.52. The second-order valence-corrected chi connectivity index (χ2v) is 7.47. The molecule has 2 fully saturated rings. The van der Waals surface area contributed by atoms with Crippen LogP contribution in [0.25, 0.3) is 0 Å². The van der Waals surface area contributed by atoms with E-state index in [4.69, 9.17) is 9.47 Å². The minimum Gasteiger partial charge on any atom is -0.497 e. The Labute approximate surface area is 159 Å². The van der Waals surface area contributed by atoms with Crippen molar-refractivity contribution < 1.29 is 23.9 Å². The fraction of sp³-hybridized carbons (Fsp3) is 0.550. The molecule has 1 aromatic rings. The monoisotopic (exact) mass is 374 g/mol. The van der Waals surface area contributed by atoms with E-state index in [1.807, 2.05) is 13.8 Å². The van der Waals surface area contributed by atoms with Gasteiger partial charge in [0.05, 0.1) is 13.2 Å². The minimum absolute atomic E-state index is 0.0596. The molecule has 27 heavy (non-hydrogen) atoms. The summed E-state index contributed by atoms with van der Waals surface area (Å²) in [5.74, 6) is 0.280. The van der Waals surface area contributed by atoms with Gasteiger partial charge in [-0.2, -0.15) is 0 Å². The minimum atomic E-state index is -0.674. The molecule has 7 nitrogen and oxygen atoms in total. The first kappa shape index (κ1) is 19.4. The van der Waals surface area contributed by atoms with Crippen LogP contribution in [0.1, 0.15) is 37.0 Å². The van der Waals surface area contributed by atoms with Crippen LogP contribution in [0.3, 0.4) is 0 Å². The quantitative estimate of drug-likeness (QED) is 0.814. The van der Waals surface area contributed by atoms with Crippen molar-refractivity contribution in [2.24, 2.45) is 5.92 Å². The third-order valence-corrected chi connectivity index (χ3v) is 5.06. The van der Waals surface area contributed by atoms with Gasteiger partial charge in [0, 0.05) is 12.1 Å². The standard InChI is InChI=1S/C20H26N2O5/c1-12(2)10-15(21-19(24)13-4-6-14(26-3)7-5-13)20(25)22-9-8-17-18(22)16(23)11-27-17/h4-7,12,15,17-18H,8-11H2,1-3H3,(H,21,24)/t15-,17?,18?/m0/s1. The molecule has 7 heteroatoms. The highest BCUT2D eigenvalue weighted by atomic mass is 16.5. The van der Waals surface area contributed by atoms with Gasteiger partial charge in [0.2, 0.25) is 5.91 Å². The van der Waals surface area contributed by atoms with E-state index < -0.39 is 12.1 Å². The molecular formula is C20H26N2O5. The summed E-state index contributed by atoms with van der Waals surface area (Å²) >= 11 is 0. The Bertz CT molecular complexity index is 716. The SMILES string of the molecule is COc1ccc(C(=O)N[C@@H](CC(C)C)C(=O)N2CCC3OCC(=O)C32)cc1. The summed E-state index contributed by atoms with van der Waals surface area (Å²) in [5.41, 5.74) is 0.455. The predicted octanol–water partition coefficient (Wildman–Crippen LogP) is 1.41. The molecule has 2 aliphatic heterocycles. The molecule has 0 bridgehead atoms. The van der Waals surface area contributed by atoms with Crippen LogP contribution in [-0.2, 0) is 14.3 Å². The number of ketones is 1. The molecule has 0 spiro atoms. The zero-order valence-electron chi connectivity index (χ0n) is 15.9. The fourth-order valence-corrected chi connectivity index (χ4v) is 3.72. The molecule has 1 aromatic carbocycles. The third kappa shape index (κ3) is 4.13. The van der Waals surface area contributed by atoms with E-state index in [1.165, 1.54) is 0 Å². The van der Waals surface area contributed by atoms with Gasteiger partial charge >= 0.3 is 0 Å². The highest BCUT2D eigenvalue weighted by Crippen LogP contribution is 2.28. The molecule has 2 saturated heterocycles. The number of likely N-dealkylation sites (tertiary alicyclic amines) is 1. The van der Waals surface area contributed by atoms with Gasteiger partial charge in [-0.15, -0.1) is 0 Å². The van der Waals surface area contributed by atoms with Crippen LogP contribution in [0.2, 0.25) is 0 Å². The van der Waals surface area contributed by atoms with Gasteiger partial charge in [-0.1, -0.05) is 13.8 Å². The molecule has 2 unspecified atom stereocenters. The van der Waals surface area contributed by atoms with Crippen LogP contribution < -0.4 is 10.1 Å². The molecular weight excluding hydrogens is 348 g/mol. The second kappa shape index (κ2) is 8.08. The number of ether oxygens (including phenoxy) is 2. The molecule has 2 aliphatic rings. The highest BCUT2D eigenvalue weighted by Gasteiger charge is 2.48. The summed E-state index contributed by atoms with van der Waals surface area (Å²) in [6, 6.07) is 5.54. The molecule has 146 valence electrons. The van der Waals surface area contributed by atoms with Gasteiger partial charge in [-0.3, -0.25) is 14.4 Å². The van der Waals surface area contributed by atoms with Crippen molar-refractivity contribution in [3.8, 4) is 5.75 Å². The smallest absolute Gasteiger partial charge is 0.251 e. The van der Waals surface area contributed by atoms with Crippen molar-refractivity contribution in [2.75, 3.05) is 20.3 Å². The van der Waals surface area contributed by atoms with E-state index in [0.29, 0.717) is 30.7 Å². The molecule has 2 heterocycles. The normalized spacial score (nSPS) is 22.7. The maximum absolute atomic E-state index is 13.1. The number of benzene rings is 1. The first-order valence-corrected chi connectivity index (χ1v) is 9.30. The number of rotatable bonds is 6. The average Bonchev–Trinajstić information content (AvgIpc) is 3.23. The van der Waals surface area contributed by atoms with Crippen molar-refractivity contribution in [3.05, 3.63) is 29.8 Å². The average molecular weight is 374 g/mol. The summed E-state index contributed by atoms with van der Waals surface area (Å²) in [6.45, 7) is 4.53. The number of hydrogen-bond acceptors (Lipinski definition) is 5. The van der Waals surface area contributed by atoms with E-state index in [9.17, 15) is 14.4 Å². The lowest BCUT2D eigenvalue weighted by Gasteiger charge is -2.28. The van der Waals surface area contributed by atoms with Crippen molar-refractivity contribution in [2.45, 2.75) is 44.9 Å². The van der Waals surface area contributed by atoms with Crippen LogP contribution >= 0.6 is 0 Å². The van der Waals surface area contributed by atoms with Crippen LogP contribution in [0.5, 0.6) is 5.75 Å². The molecule has 0 radical (unpaired) electrons. The maximum Gasteiger partial charge on any atom is 0.251 e. The Hall–Kier alpha value is -2.41. The number of nitrogens with one attached hydrogen (secondary N) is 1. The number of amides is 2. The number of fused-ring (bicyclic) bond motifs is 1. The van der Waals surface area contributed by atoms with Crippen molar-refractivity contribution >= 4 is 17.6 Å². The van der Waals surface area contributed by atoms with Crippen LogP contribution in [-0.4, -0.2) is 60.9 Å². The van der Waals surface area contributed by atoms with E-state index >= 15 is 0 Å². The number of hydrogen-bond donors (Lipinski definition) is 1. The summed E-state index contributed by atoms with van der Waals surface area (Å²) in [5, 5.41) is 2.85. The first-order chi connectivity index (χ1) is 12.9. The lowest BCUT2D eigenvalue weighted by atomic mass is 10.0. The number of nitrogens with zero attached hydrogens (tertiary/aromatic N) is 1. The van der Waals surface area contributed by atoms with Gasteiger partial charge in [0.1, 0.15) is 24.4 Å². The highest BCUT2D eigenvalue weighted by molar-refractivity contribution is 5.99. The Kier molecular flexibility index (Phi) is 5.79. The lowest BCUT2D eigenvalue weighted by molar-refractivity contribution is -0.138. The Balaban J connectivity index is 1.73. The van der Waals surface area contributed by atoms with E-state index in [2.05, 4.69) is 5.32 Å². The topological polar surface area (TPSA) is 84.9 Å². The summed E-state index contributed by atoms with van der Waals surface area (Å²) in [7, 11) is 1.56. The van der Waals surface area contributed by atoms with Crippen LogP contribution in [0.15, 0.2) is 24.3 Å². The zero-order chi connectivity index (χ0) is 19.6. The maximum atomic E-state index is 13.1. The van der Waals surface area contributed by atoms with Gasteiger partial charge in [-0.25, -0.2) is 0 Å². The summed E-state index contributed by atoms with van der Waals surface area (Å²) in [4.78, 5) is 39.4. The number of Topliss-reactive ketones (excluding diaryl/α,β-unsaturated/α-hetero) is 1. The van der Waals surface area contributed by atoms with Gasteiger partial charge in [0.25, 0.3) is 5.91 Å². The van der Waals surface area contributed by atoms with E-state index in [1.54, 1.807) is 36.3 Å². The van der Waals surface area contributed by atoms with E-state index in [0.717, 1.165) is 0 Å².